The topological polar surface area (TPSA) is 57.2 Å². The lowest BCUT2D eigenvalue weighted by atomic mass is 9.97. The van der Waals surface area contributed by atoms with E-state index in [2.05, 4.69) is 28.9 Å². The number of aromatic nitrogens is 3. The van der Waals surface area contributed by atoms with Gasteiger partial charge in [-0.05, 0) is 64.0 Å². The van der Waals surface area contributed by atoms with Gasteiger partial charge >= 0.3 is 0 Å². The Morgan fingerprint density at radius 1 is 1.32 bits per heavy atom. The zero-order chi connectivity index (χ0) is 18.2. The van der Waals surface area contributed by atoms with Crippen LogP contribution in [0, 0.1) is 4.77 Å². The van der Waals surface area contributed by atoms with Crippen LogP contribution in [-0.4, -0.2) is 63.2 Å². The first kappa shape index (κ1) is 20.1. The van der Waals surface area contributed by atoms with E-state index in [9.17, 15) is 4.79 Å². The third-order valence-corrected chi connectivity index (χ3v) is 5.36. The van der Waals surface area contributed by atoms with Crippen molar-refractivity contribution in [1.29, 1.82) is 0 Å². The van der Waals surface area contributed by atoms with Gasteiger partial charge in [-0.2, -0.15) is 5.10 Å². The fourth-order valence-corrected chi connectivity index (χ4v) is 3.86. The highest BCUT2D eigenvalue weighted by Gasteiger charge is 2.27. The summed E-state index contributed by atoms with van der Waals surface area (Å²) >= 11 is 5.21. The lowest BCUT2D eigenvalue weighted by Gasteiger charge is -2.32. The first-order valence-corrected chi connectivity index (χ1v) is 10.1. The van der Waals surface area contributed by atoms with E-state index in [4.69, 9.17) is 12.2 Å². The molecule has 1 saturated heterocycles. The van der Waals surface area contributed by atoms with Crippen molar-refractivity contribution >= 4 is 18.1 Å². The molecule has 0 spiro atoms. The predicted molar refractivity (Wildman–Crippen MR) is 103 cm³/mol. The van der Waals surface area contributed by atoms with Crippen LogP contribution in [0.1, 0.15) is 64.1 Å². The monoisotopic (exact) mass is 367 g/mol. The number of amides is 1. The van der Waals surface area contributed by atoms with E-state index in [1.165, 1.54) is 12.8 Å². The number of likely N-dealkylation sites (tertiary alicyclic amines) is 1. The van der Waals surface area contributed by atoms with E-state index in [1.54, 1.807) is 0 Å². The van der Waals surface area contributed by atoms with Crippen LogP contribution in [0.4, 0.5) is 0 Å². The average Bonchev–Trinajstić information content (AvgIpc) is 2.94. The highest BCUT2D eigenvalue weighted by molar-refractivity contribution is 7.71. The van der Waals surface area contributed by atoms with Crippen molar-refractivity contribution in [3.05, 3.63) is 10.6 Å². The predicted octanol–water partition coefficient (Wildman–Crippen LogP) is 3.09. The van der Waals surface area contributed by atoms with E-state index in [-0.39, 0.29) is 11.8 Å². The van der Waals surface area contributed by atoms with Crippen molar-refractivity contribution in [3.8, 4) is 0 Å². The van der Waals surface area contributed by atoms with Crippen LogP contribution < -0.4 is 0 Å². The highest BCUT2D eigenvalue weighted by Crippen LogP contribution is 2.25. The smallest absolute Gasteiger partial charge is 0.222 e. The van der Waals surface area contributed by atoms with Gasteiger partial charge in [-0.1, -0.05) is 13.8 Å². The van der Waals surface area contributed by atoms with Crippen LogP contribution in [0.5, 0.6) is 0 Å². The summed E-state index contributed by atoms with van der Waals surface area (Å²) in [5, 5.41) is 7.22. The molecule has 1 amide bonds. The molecule has 0 radical (unpaired) electrons. The molecule has 1 N–H and O–H groups in total. The minimum Gasteiger partial charge on any atom is -0.342 e. The molecule has 1 unspecified atom stereocenters. The fraction of sp³-hybridized carbons (Fsp3) is 0.833. The summed E-state index contributed by atoms with van der Waals surface area (Å²) in [4.78, 5) is 17.1. The maximum absolute atomic E-state index is 12.6. The zero-order valence-corrected chi connectivity index (χ0v) is 16.8. The Kier molecular flexibility index (Phi) is 8.09. The number of rotatable bonds is 9. The standard InChI is InChI=1S/C18H33N5OS/c1-4-10-22(11-5-2)12-7-9-16(24)23-13-6-8-15(14-23)17-19-20-18(25)21(17)3/h15H,4-14H2,1-3H3,(H,20,25). The number of piperidine rings is 1. The Morgan fingerprint density at radius 2 is 2.04 bits per heavy atom. The summed E-state index contributed by atoms with van der Waals surface area (Å²) in [6.45, 7) is 9.35. The molecule has 1 aromatic rings. The third-order valence-electron chi connectivity index (χ3n) is 5.00. The van der Waals surface area contributed by atoms with Gasteiger partial charge in [-0.3, -0.25) is 9.89 Å². The second-order valence-electron chi connectivity index (χ2n) is 7.07. The molecule has 0 saturated carbocycles. The highest BCUT2D eigenvalue weighted by atomic mass is 32.1. The van der Waals surface area contributed by atoms with Gasteiger partial charge in [0.1, 0.15) is 5.82 Å². The summed E-state index contributed by atoms with van der Waals surface area (Å²) in [5.74, 6) is 1.54. The molecule has 1 aromatic heterocycles. The maximum atomic E-state index is 12.6. The quantitative estimate of drug-likeness (QED) is 0.682. The number of H-pyrrole nitrogens is 1. The fourth-order valence-electron chi connectivity index (χ4n) is 3.72. The molecular weight excluding hydrogens is 334 g/mol. The molecule has 6 nitrogen and oxygen atoms in total. The largest absolute Gasteiger partial charge is 0.342 e. The van der Waals surface area contributed by atoms with Gasteiger partial charge in [0.15, 0.2) is 4.77 Å². The van der Waals surface area contributed by atoms with Crippen LogP contribution >= 0.6 is 12.2 Å². The number of nitrogens with zero attached hydrogens (tertiary/aromatic N) is 4. The van der Waals surface area contributed by atoms with Crippen molar-refractivity contribution in [2.75, 3.05) is 32.7 Å². The van der Waals surface area contributed by atoms with E-state index < -0.39 is 0 Å². The third kappa shape index (κ3) is 5.64. The lowest BCUT2D eigenvalue weighted by Crippen LogP contribution is -2.40. The van der Waals surface area contributed by atoms with Gasteiger partial charge in [0.05, 0.1) is 0 Å². The molecule has 7 heteroatoms. The lowest BCUT2D eigenvalue weighted by molar-refractivity contribution is -0.132. The van der Waals surface area contributed by atoms with Gasteiger partial charge in [0.25, 0.3) is 0 Å². The normalized spacial score (nSPS) is 18.1. The number of carbonyl (C=O) groups is 1. The number of carbonyl (C=O) groups excluding carboxylic acids is 1. The number of hydrogen-bond acceptors (Lipinski definition) is 4. The van der Waals surface area contributed by atoms with E-state index in [1.807, 2.05) is 16.5 Å². The molecule has 2 rings (SSSR count). The van der Waals surface area contributed by atoms with Crippen LogP contribution in [0.15, 0.2) is 0 Å². The molecule has 25 heavy (non-hydrogen) atoms. The Morgan fingerprint density at radius 3 is 2.64 bits per heavy atom. The Labute approximate surface area is 156 Å². The number of nitrogens with one attached hydrogen (secondary N) is 1. The second kappa shape index (κ2) is 10.1. The van der Waals surface area contributed by atoms with Crippen LogP contribution in [-0.2, 0) is 11.8 Å². The van der Waals surface area contributed by atoms with Crippen molar-refractivity contribution in [3.63, 3.8) is 0 Å². The maximum Gasteiger partial charge on any atom is 0.222 e. The van der Waals surface area contributed by atoms with Crippen LogP contribution in [0.25, 0.3) is 0 Å². The SMILES string of the molecule is CCCN(CCC)CCCC(=O)N1CCCC(c2n[nH]c(=S)n2C)C1. The van der Waals surface area contributed by atoms with Crippen molar-refractivity contribution in [1.82, 2.24) is 24.6 Å². The summed E-state index contributed by atoms with van der Waals surface area (Å²) in [7, 11) is 1.94. The molecule has 1 atom stereocenters. The molecular formula is C18H33N5OS. The minimum atomic E-state index is 0.285. The van der Waals surface area contributed by atoms with Crippen molar-refractivity contribution in [2.24, 2.45) is 7.05 Å². The van der Waals surface area contributed by atoms with Gasteiger partial charge in [0.2, 0.25) is 5.91 Å². The van der Waals surface area contributed by atoms with E-state index >= 15 is 0 Å². The van der Waals surface area contributed by atoms with Crippen molar-refractivity contribution in [2.45, 2.75) is 58.3 Å². The number of aromatic amines is 1. The molecule has 2 heterocycles. The molecule has 0 bridgehead atoms. The minimum absolute atomic E-state index is 0.285. The molecule has 1 aliphatic heterocycles. The van der Waals surface area contributed by atoms with Gasteiger partial charge in [0, 0.05) is 32.5 Å². The molecule has 142 valence electrons. The van der Waals surface area contributed by atoms with Crippen LogP contribution in [0.3, 0.4) is 0 Å². The molecule has 1 fully saturated rings. The average molecular weight is 368 g/mol. The van der Waals surface area contributed by atoms with Crippen LogP contribution in [0.2, 0.25) is 0 Å². The second-order valence-corrected chi connectivity index (χ2v) is 7.46. The first-order valence-electron chi connectivity index (χ1n) is 9.68. The molecule has 1 aliphatic rings. The van der Waals surface area contributed by atoms with Gasteiger partial charge in [-0.25, -0.2) is 0 Å². The number of hydrogen-bond donors (Lipinski definition) is 1. The van der Waals surface area contributed by atoms with E-state index in [0.717, 1.165) is 57.8 Å². The summed E-state index contributed by atoms with van der Waals surface area (Å²) < 4.78 is 2.58. The first-order chi connectivity index (χ1) is 12.1. The Balaban J connectivity index is 1.83. The zero-order valence-electron chi connectivity index (χ0n) is 16.0. The van der Waals surface area contributed by atoms with E-state index in [0.29, 0.717) is 11.2 Å². The Hall–Kier alpha value is -1.21. The van der Waals surface area contributed by atoms with Crippen molar-refractivity contribution < 1.29 is 4.79 Å². The molecule has 0 aromatic carbocycles. The van der Waals surface area contributed by atoms with Gasteiger partial charge < -0.3 is 14.4 Å². The summed E-state index contributed by atoms with van der Waals surface area (Å²) in [6.07, 6.45) is 6.05. The van der Waals surface area contributed by atoms with Gasteiger partial charge in [-0.15, -0.1) is 0 Å². The summed E-state index contributed by atoms with van der Waals surface area (Å²) in [5.41, 5.74) is 0. The molecule has 0 aliphatic carbocycles. The Bertz CT molecular complexity index is 591. The summed E-state index contributed by atoms with van der Waals surface area (Å²) in [6, 6.07) is 0.